The molecule has 0 fully saturated rings. The van der Waals surface area contributed by atoms with E-state index in [0.717, 1.165) is 4.88 Å². The quantitative estimate of drug-likeness (QED) is 0.689. The largest absolute Gasteiger partial charge is 0.480 e. The molecule has 5 heteroatoms. The van der Waals surface area contributed by atoms with E-state index in [-0.39, 0.29) is 0 Å². The molecule has 1 aromatic rings. The second kappa shape index (κ2) is 3.92. The van der Waals surface area contributed by atoms with Gasteiger partial charge in [-0.15, -0.1) is 11.3 Å². The van der Waals surface area contributed by atoms with Crippen molar-refractivity contribution in [1.82, 2.24) is 0 Å². The summed E-state index contributed by atoms with van der Waals surface area (Å²) in [5.41, 5.74) is 0. The SMILES string of the molecule is OB(O)/C=C/c1sccc1Cl. The highest BCUT2D eigenvalue weighted by molar-refractivity contribution is 7.11. The van der Waals surface area contributed by atoms with Crippen molar-refractivity contribution in [2.75, 3.05) is 0 Å². The van der Waals surface area contributed by atoms with Crippen molar-refractivity contribution in [1.29, 1.82) is 0 Å². The average Bonchev–Trinajstić information content (AvgIpc) is 2.31. The summed E-state index contributed by atoms with van der Waals surface area (Å²) in [5.74, 6) is 1.26. The molecule has 0 radical (unpaired) electrons. The number of rotatable bonds is 2. The molecule has 0 saturated carbocycles. The maximum Gasteiger partial charge on any atom is 0.480 e. The van der Waals surface area contributed by atoms with Crippen molar-refractivity contribution in [2.24, 2.45) is 0 Å². The third kappa shape index (κ3) is 2.67. The van der Waals surface area contributed by atoms with E-state index in [1.165, 1.54) is 17.3 Å². The first-order valence-corrected chi connectivity index (χ1v) is 4.23. The van der Waals surface area contributed by atoms with Crippen LogP contribution in [0.3, 0.4) is 0 Å². The van der Waals surface area contributed by atoms with Crippen LogP contribution in [-0.2, 0) is 0 Å². The summed E-state index contributed by atoms with van der Waals surface area (Å²) in [6.07, 6.45) is 1.58. The van der Waals surface area contributed by atoms with Gasteiger partial charge in [-0.25, -0.2) is 0 Å². The Bertz CT molecular complexity index is 259. The molecule has 1 rings (SSSR count). The molecule has 0 aliphatic heterocycles. The third-order valence-corrected chi connectivity index (χ3v) is 2.39. The second-order valence-corrected chi connectivity index (χ2v) is 3.26. The minimum absolute atomic E-state index is 0.631. The van der Waals surface area contributed by atoms with Crippen LogP contribution >= 0.6 is 22.9 Å². The minimum atomic E-state index is -1.41. The summed E-state index contributed by atoms with van der Waals surface area (Å²) in [6.45, 7) is 0. The molecule has 0 bridgehead atoms. The number of thiophene rings is 1. The molecule has 0 aliphatic carbocycles. The van der Waals surface area contributed by atoms with Gasteiger partial charge in [0.05, 0.1) is 5.02 Å². The zero-order valence-corrected chi connectivity index (χ0v) is 7.14. The molecule has 1 heterocycles. The van der Waals surface area contributed by atoms with Gasteiger partial charge in [0.15, 0.2) is 0 Å². The minimum Gasteiger partial charge on any atom is -0.424 e. The monoisotopic (exact) mass is 188 g/mol. The fourth-order valence-electron chi connectivity index (χ4n) is 0.598. The van der Waals surface area contributed by atoms with Crippen LogP contribution in [0.4, 0.5) is 0 Å². The highest BCUT2D eigenvalue weighted by atomic mass is 35.5. The molecular formula is C6H6BClO2S. The Balaban J connectivity index is 2.71. The number of halogens is 1. The first-order chi connectivity index (χ1) is 5.20. The van der Waals surface area contributed by atoms with Gasteiger partial charge in [-0.3, -0.25) is 0 Å². The van der Waals surface area contributed by atoms with Gasteiger partial charge in [0, 0.05) is 4.88 Å². The zero-order valence-electron chi connectivity index (χ0n) is 5.57. The molecule has 0 spiro atoms. The van der Waals surface area contributed by atoms with E-state index in [2.05, 4.69) is 0 Å². The van der Waals surface area contributed by atoms with Gasteiger partial charge in [-0.05, 0) is 11.4 Å². The normalized spacial score (nSPS) is 10.8. The van der Waals surface area contributed by atoms with Crippen LogP contribution < -0.4 is 0 Å². The van der Waals surface area contributed by atoms with Gasteiger partial charge in [-0.2, -0.15) is 0 Å². The summed E-state index contributed by atoms with van der Waals surface area (Å²) >= 11 is 7.17. The molecular weight excluding hydrogens is 182 g/mol. The van der Waals surface area contributed by atoms with Crippen molar-refractivity contribution >= 4 is 36.1 Å². The van der Waals surface area contributed by atoms with Gasteiger partial charge in [0.25, 0.3) is 0 Å². The van der Waals surface area contributed by atoms with Crippen molar-refractivity contribution in [3.63, 3.8) is 0 Å². The van der Waals surface area contributed by atoms with Gasteiger partial charge < -0.3 is 10.0 Å². The van der Waals surface area contributed by atoms with E-state index in [1.807, 2.05) is 5.38 Å². The van der Waals surface area contributed by atoms with Crippen LogP contribution in [0.2, 0.25) is 5.02 Å². The lowest BCUT2D eigenvalue weighted by Crippen LogP contribution is -2.05. The van der Waals surface area contributed by atoms with Gasteiger partial charge >= 0.3 is 7.12 Å². The standard InChI is InChI=1S/C6H6BClO2S/c8-5-2-4-11-6(5)1-3-7(9)10/h1-4,9-10H/b3-1+. The first kappa shape index (κ1) is 8.81. The Morgan fingerprint density at radius 2 is 2.27 bits per heavy atom. The average molecular weight is 188 g/mol. The smallest absolute Gasteiger partial charge is 0.424 e. The van der Waals surface area contributed by atoms with Gasteiger partial charge in [0.1, 0.15) is 0 Å². The topological polar surface area (TPSA) is 40.5 Å². The first-order valence-electron chi connectivity index (χ1n) is 2.97. The van der Waals surface area contributed by atoms with Crippen LogP contribution in [0.5, 0.6) is 0 Å². The zero-order chi connectivity index (χ0) is 8.27. The lowest BCUT2D eigenvalue weighted by molar-refractivity contribution is 0.424. The lowest BCUT2D eigenvalue weighted by Gasteiger charge is -1.87. The van der Waals surface area contributed by atoms with Crippen LogP contribution in [0.25, 0.3) is 6.08 Å². The Labute approximate surface area is 73.9 Å². The lowest BCUT2D eigenvalue weighted by atomic mass is 9.92. The van der Waals surface area contributed by atoms with E-state index in [0.29, 0.717) is 5.02 Å². The van der Waals surface area contributed by atoms with Crippen molar-refractivity contribution in [3.8, 4) is 0 Å². The molecule has 2 nitrogen and oxygen atoms in total. The summed E-state index contributed by atoms with van der Waals surface area (Å²) < 4.78 is 0. The van der Waals surface area contributed by atoms with Crippen LogP contribution in [-0.4, -0.2) is 17.2 Å². The number of hydrogen-bond acceptors (Lipinski definition) is 3. The Hall–Kier alpha value is -0.285. The van der Waals surface area contributed by atoms with Gasteiger partial charge in [0.2, 0.25) is 0 Å². The van der Waals surface area contributed by atoms with Crippen molar-refractivity contribution < 1.29 is 10.0 Å². The molecule has 0 saturated heterocycles. The molecule has 58 valence electrons. The maximum absolute atomic E-state index is 8.47. The molecule has 1 aromatic heterocycles. The summed E-state index contributed by atoms with van der Waals surface area (Å²) in [7, 11) is -1.41. The predicted molar refractivity (Wildman–Crippen MR) is 48.6 cm³/mol. The summed E-state index contributed by atoms with van der Waals surface area (Å²) in [6, 6.07) is 1.76. The van der Waals surface area contributed by atoms with Crippen molar-refractivity contribution in [2.45, 2.75) is 0 Å². The number of hydrogen-bond donors (Lipinski definition) is 2. The van der Waals surface area contributed by atoms with Gasteiger partial charge in [-0.1, -0.05) is 23.7 Å². The van der Waals surface area contributed by atoms with Crippen LogP contribution in [0, 0.1) is 0 Å². The summed E-state index contributed by atoms with van der Waals surface area (Å²) in [5, 5.41) is 19.4. The highest BCUT2D eigenvalue weighted by Crippen LogP contribution is 2.22. The van der Waals surface area contributed by atoms with E-state index >= 15 is 0 Å². The van der Waals surface area contributed by atoms with Crippen LogP contribution in [0.15, 0.2) is 17.4 Å². The van der Waals surface area contributed by atoms with Crippen LogP contribution in [0.1, 0.15) is 4.88 Å². The second-order valence-electron chi connectivity index (χ2n) is 1.91. The molecule has 11 heavy (non-hydrogen) atoms. The van der Waals surface area contributed by atoms with E-state index in [4.69, 9.17) is 21.6 Å². The predicted octanol–water partition coefficient (Wildman–Crippen LogP) is 1.43. The third-order valence-electron chi connectivity index (χ3n) is 1.06. The maximum atomic E-state index is 8.47. The summed E-state index contributed by atoms with van der Waals surface area (Å²) in [4.78, 5) is 0.833. The Morgan fingerprint density at radius 1 is 1.55 bits per heavy atom. The Kier molecular flexibility index (Phi) is 3.14. The molecule has 0 unspecified atom stereocenters. The fraction of sp³-hybridized carbons (Fsp3) is 0. The Morgan fingerprint density at radius 3 is 2.73 bits per heavy atom. The van der Waals surface area contributed by atoms with E-state index in [9.17, 15) is 0 Å². The molecule has 0 atom stereocenters. The molecule has 2 N–H and O–H groups in total. The van der Waals surface area contributed by atoms with E-state index < -0.39 is 7.12 Å². The highest BCUT2D eigenvalue weighted by Gasteiger charge is 2.00. The van der Waals surface area contributed by atoms with E-state index in [1.54, 1.807) is 12.1 Å². The molecule has 0 aromatic carbocycles. The fourth-order valence-corrected chi connectivity index (χ4v) is 1.62. The molecule has 0 aliphatic rings. The van der Waals surface area contributed by atoms with Crippen molar-refractivity contribution in [3.05, 3.63) is 27.3 Å². The molecule has 0 amide bonds.